The average molecular weight is 491 g/mol. The molecule has 0 bridgehead atoms. The highest BCUT2D eigenvalue weighted by atomic mass is 35.5. The number of hydrogen-bond acceptors (Lipinski definition) is 5. The molecular formula is C27H23ClN2O5. The van der Waals surface area contributed by atoms with E-state index in [1.807, 2.05) is 26.0 Å². The zero-order valence-electron chi connectivity index (χ0n) is 19.4. The van der Waals surface area contributed by atoms with Crippen LogP contribution in [0.15, 0.2) is 60.7 Å². The maximum Gasteiger partial charge on any atom is 0.338 e. The third-order valence-corrected chi connectivity index (χ3v) is 6.01. The smallest absolute Gasteiger partial charge is 0.338 e. The minimum atomic E-state index is -1.07. The van der Waals surface area contributed by atoms with Crippen molar-refractivity contribution in [2.24, 2.45) is 0 Å². The third kappa shape index (κ3) is 5.10. The molecule has 3 aromatic carbocycles. The van der Waals surface area contributed by atoms with Crippen molar-refractivity contribution in [3.05, 3.63) is 99.1 Å². The van der Waals surface area contributed by atoms with Crippen LogP contribution in [0.5, 0.6) is 0 Å². The Balaban J connectivity index is 1.44. The summed E-state index contributed by atoms with van der Waals surface area (Å²) in [7, 11) is 0. The fraction of sp³-hybridized carbons (Fsp3) is 0.185. The molecule has 8 heteroatoms. The molecule has 0 radical (unpaired) electrons. The van der Waals surface area contributed by atoms with E-state index in [9.17, 15) is 19.2 Å². The van der Waals surface area contributed by atoms with E-state index in [4.69, 9.17) is 16.3 Å². The predicted octanol–water partition coefficient (Wildman–Crippen LogP) is 4.94. The number of hydrogen-bond donors (Lipinski definition) is 1. The lowest BCUT2D eigenvalue weighted by Gasteiger charge is -2.15. The van der Waals surface area contributed by atoms with Crippen molar-refractivity contribution in [3.8, 4) is 0 Å². The molecule has 0 saturated heterocycles. The van der Waals surface area contributed by atoms with Crippen LogP contribution in [0.3, 0.4) is 0 Å². The number of carbonyl (C=O) groups is 4. The van der Waals surface area contributed by atoms with Gasteiger partial charge in [-0.2, -0.15) is 0 Å². The van der Waals surface area contributed by atoms with Crippen molar-refractivity contribution in [2.75, 3.05) is 5.32 Å². The second-order valence-corrected chi connectivity index (χ2v) is 8.87. The normalized spacial score (nSPS) is 13.4. The van der Waals surface area contributed by atoms with Crippen LogP contribution in [0.2, 0.25) is 5.02 Å². The highest BCUT2D eigenvalue weighted by Crippen LogP contribution is 2.26. The number of nitrogens with one attached hydrogen (secondary N) is 1. The van der Waals surface area contributed by atoms with Crippen molar-refractivity contribution < 1.29 is 23.9 Å². The number of nitrogens with zero attached hydrogens (tertiary/aromatic N) is 1. The molecule has 1 heterocycles. The van der Waals surface area contributed by atoms with Crippen molar-refractivity contribution in [1.82, 2.24) is 4.90 Å². The lowest BCUT2D eigenvalue weighted by molar-refractivity contribution is -0.123. The minimum absolute atomic E-state index is 0.0735. The first kappa shape index (κ1) is 24.2. The maximum absolute atomic E-state index is 12.9. The number of carbonyl (C=O) groups excluding carboxylic acids is 4. The van der Waals surface area contributed by atoms with E-state index in [2.05, 4.69) is 5.32 Å². The molecule has 7 nitrogen and oxygen atoms in total. The predicted molar refractivity (Wildman–Crippen MR) is 132 cm³/mol. The van der Waals surface area contributed by atoms with Gasteiger partial charge in [0.05, 0.1) is 23.2 Å². The summed E-state index contributed by atoms with van der Waals surface area (Å²) < 4.78 is 5.32. The van der Waals surface area contributed by atoms with Gasteiger partial charge in [-0.25, -0.2) is 4.79 Å². The second kappa shape index (κ2) is 9.72. The fourth-order valence-corrected chi connectivity index (χ4v) is 3.93. The number of amides is 3. The van der Waals surface area contributed by atoms with Gasteiger partial charge in [-0.1, -0.05) is 41.4 Å². The van der Waals surface area contributed by atoms with Gasteiger partial charge in [0.1, 0.15) is 0 Å². The summed E-state index contributed by atoms with van der Waals surface area (Å²) in [5.41, 5.74) is 3.73. The van der Waals surface area contributed by atoms with Crippen LogP contribution in [-0.2, 0) is 16.1 Å². The van der Waals surface area contributed by atoms with Crippen LogP contribution in [0.25, 0.3) is 0 Å². The van der Waals surface area contributed by atoms with E-state index in [1.165, 1.54) is 25.1 Å². The summed E-state index contributed by atoms with van der Waals surface area (Å²) in [5, 5.41) is 3.30. The largest absolute Gasteiger partial charge is 0.449 e. The Morgan fingerprint density at radius 3 is 2.31 bits per heavy atom. The van der Waals surface area contributed by atoms with Crippen LogP contribution < -0.4 is 5.32 Å². The molecule has 0 aromatic heterocycles. The molecule has 1 N–H and O–H groups in total. The number of fused-ring (bicyclic) bond motifs is 1. The Morgan fingerprint density at radius 2 is 1.63 bits per heavy atom. The van der Waals surface area contributed by atoms with Crippen molar-refractivity contribution in [1.29, 1.82) is 0 Å². The van der Waals surface area contributed by atoms with Gasteiger partial charge >= 0.3 is 5.97 Å². The van der Waals surface area contributed by atoms with Crippen LogP contribution in [-0.4, -0.2) is 34.7 Å². The number of benzene rings is 3. The molecule has 4 rings (SSSR count). The number of ether oxygens (including phenoxy) is 1. The second-order valence-electron chi connectivity index (χ2n) is 8.44. The van der Waals surface area contributed by atoms with E-state index < -0.39 is 29.8 Å². The van der Waals surface area contributed by atoms with Gasteiger partial charge < -0.3 is 10.1 Å². The van der Waals surface area contributed by atoms with Crippen LogP contribution in [0, 0.1) is 13.8 Å². The molecule has 178 valence electrons. The topological polar surface area (TPSA) is 92.8 Å². The number of rotatable bonds is 6. The Hall–Kier alpha value is -3.97. The van der Waals surface area contributed by atoms with Gasteiger partial charge in [-0.15, -0.1) is 0 Å². The number of anilines is 1. The molecule has 0 fully saturated rings. The molecular weight excluding hydrogens is 468 g/mol. The van der Waals surface area contributed by atoms with E-state index in [0.717, 1.165) is 21.6 Å². The number of aryl methyl sites for hydroxylation is 2. The highest BCUT2D eigenvalue weighted by Gasteiger charge is 2.36. The zero-order valence-corrected chi connectivity index (χ0v) is 20.2. The van der Waals surface area contributed by atoms with Gasteiger partial charge in [0.2, 0.25) is 0 Å². The Bertz CT molecular complexity index is 1350. The van der Waals surface area contributed by atoms with Gasteiger partial charge in [-0.05, 0) is 68.3 Å². The SMILES string of the molecule is Cc1ccc(NC(=O)C(C)OC(=O)c2ccc3c(c2)C(=O)N(Cc2ccc(Cl)cc2)C3=O)c(C)c1. The quantitative estimate of drug-likeness (QED) is 0.390. The van der Waals surface area contributed by atoms with Gasteiger partial charge in [0.15, 0.2) is 6.10 Å². The van der Waals surface area contributed by atoms with Crippen molar-refractivity contribution >= 4 is 41.0 Å². The molecule has 1 atom stereocenters. The molecule has 0 spiro atoms. The molecule has 1 aliphatic heterocycles. The molecule has 0 saturated carbocycles. The van der Waals surface area contributed by atoms with E-state index >= 15 is 0 Å². The Morgan fingerprint density at radius 1 is 0.943 bits per heavy atom. The Kier molecular flexibility index (Phi) is 6.71. The summed E-state index contributed by atoms with van der Waals surface area (Å²) >= 11 is 5.90. The van der Waals surface area contributed by atoms with Gasteiger partial charge in [0, 0.05) is 10.7 Å². The maximum atomic E-state index is 12.9. The zero-order chi connectivity index (χ0) is 25.3. The summed E-state index contributed by atoms with van der Waals surface area (Å²) in [4.78, 5) is 52.0. The first-order valence-corrected chi connectivity index (χ1v) is 11.4. The van der Waals surface area contributed by atoms with E-state index in [1.54, 1.807) is 30.3 Å². The van der Waals surface area contributed by atoms with Crippen molar-refractivity contribution in [2.45, 2.75) is 33.4 Å². The molecule has 1 aliphatic rings. The average Bonchev–Trinajstić information content (AvgIpc) is 3.06. The summed E-state index contributed by atoms with van der Waals surface area (Å²) in [6.45, 7) is 5.37. The molecule has 0 aliphatic carbocycles. The first-order valence-electron chi connectivity index (χ1n) is 11.0. The van der Waals surface area contributed by atoms with E-state index in [0.29, 0.717) is 10.7 Å². The number of halogens is 1. The molecule has 3 aromatic rings. The number of esters is 1. The highest BCUT2D eigenvalue weighted by molar-refractivity contribution is 6.30. The summed E-state index contributed by atoms with van der Waals surface area (Å²) in [5.74, 6) is -2.20. The summed E-state index contributed by atoms with van der Waals surface area (Å²) in [6.07, 6.45) is -1.07. The van der Waals surface area contributed by atoms with Crippen molar-refractivity contribution in [3.63, 3.8) is 0 Å². The third-order valence-electron chi connectivity index (χ3n) is 5.75. The standard InChI is InChI=1S/C27H23ClN2O5/c1-15-4-11-23(16(2)12-15)29-24(31)17(3)35-27(34)19-7-10-21-22(13-19)26(33)30(25(21)32)14-18-5-8-20(28)9-6-18/h4-13,17H,14H2,1-3H3,(H,29,31). The Labute approximate surface area is 207 Å². The monoisotopic (exact) mass is 490 g/mol. The fourth-order valence-electron chi connectivity index (χ4n) is 3.80. The van der Waals surface area contributed by atoms with E-state index in [-0.39, 0.29) is 23.2 Å². The number of imide groups is 1. The first-order chi connectivity index (χ1) is 16.6. The molecule has 35 heavy (non-hydrogen) atoms. The van der Waals surface area contributed by atoms with Gasteiger partial charge in [0.25, 0.3) is 17.7 Å². The van der Waals surface area contributed by atoms with Crippen LogP contribution in [0.1, 0.15) is 54.7 Å². The molecule has 3 amide bonds. The lowest BCUT2D eigenvalue weighted by atomic mass is 10.1. The lowest BCUT2D eigenvalue weighted by Crippen LogP contribution is -2.30. The van der Waals surface area contributed by atoms with Crippen LogP contribution in [0.4, 0.5) is 5.69 Å². The van der Waals surface area contributed by atoms with Crippen LogP contribution >= 0.6 is 11.6 Å². The summed E-state index contributed by atoms with van der Waals surface area (Å²) in [6, 6.07) is 16.6. The van der Waals surface area contributed by atoms with Gasteiger partial charge in [-0.3, -0.25) is 19.3 Å². The minimum Gasteiger partial charge on any atom is -0.449 e. The molecule has 1 unspecified atom stereocenters.